The number of carbonyl (C=O) groups is 1. The van der Waals surface area contributed by atoms with Crippen molar-refractivity contribution < 1.29 is 13.9 Å². The molecule has 0 amide bonds. The Labute approximate surface area is 102 Å². The molecule has 90 valence electrons. The van der Waals surface area contributed by atoms with E-state index in [1.807, 2.05) is 0 Å². The largest absolute Gasteiger partial charge is 0.423 e. The SMILES string of the molecule is C[C@@H]1N=Cc2c(c3ccccc3oc2=O)OC1=O. The van der Waals surface area contributed by atoms with Gasteiger partial charge in [-0.1, -0.05) is 12.1 Å². The van der Waals surface area contributed by atoms with E-state index < -0.39 is 17.6 Å². The van der Waals surface area contributed by atoms with Gasteiger partial charge in [0.05, 0.1) is 5.39 Å². The van der Waals surface area contributed by atoms with Crippen molar-refractivity contribution in [1.29, 1.82) is 0 Å². The van der Waals surface area contributed by atoms with Crippen molar-refractivity contribution >= 4 is 23.2 Å². The summed E-state index contributed by atoms with van der Waals surface area (Å²) in [7, 11) is 0. The van der Waals surface area contributed by atoms with Crippen molar-refractivity contribution in [3.8, 4) is 5.75 Å². The van der Waals surface area contributed by atoms with Gasteiger partial charge in [0.15, 0.2) is 5.75 Å². The van der Waals surface area contributed by atoms with Gasteiger partial charge in [-0.15, -0.1) is 0 Å². The number of nitrogens with zero attached hydrogens (tertiary/aromatic N) is 1. The van der Waals surface area contributed by atoms with Gasteiger partial charge >= 0.3 is 11.6 Å². The van der Waals surface area contributed by atoms with Crippen LogP contribution in [0.25, 0.3) is 11.0 Å². The van der Waals surface area contributed by atoms with E-state index in [2.05, 4.69) is 4.99 Å². The molecule has 18 heavy (non-hydrogen) atoms. The highest BCUT2D eigenvalue weighted by Gasteiger charge is 2.23. The number of hydrogen-bond donors (Lipinski definition) is 0. The van der Waals surface area contributed by atoms with Crippen molar-refractivity contribution in [2.75, 3.05) is 0 Å². The van der Waals surface area contributed by atoms with Crippen LogP contribution in [0.3, 0.4) is 0 Å². The minimum Gasteiger partial charge on any atom is -0.423 e. The molecule has 1 aromatic carbocycles. The smallest absolute Gasteiger partial charge is 0.348 e. The standard InChI is InChI=1S/C13H9NO4/c1-7-12(15)18-11-8-4-2-3-5-10(8)17-13(16)9(11)6-14-7/h2-7H,1H3/t7-/m0/s1. The van der Waals surface area contributed by atoms with Crippen molar-refractivity contribution in [3.63, 3.8) is 0 Å². The molecule has 1 atom stereocenters. The van der Waals surface area contributed by atoms with Crippen molar-refractivity contribution in [1.82, 2.24) is 0 Å². The van der Waals surface area contributed by atoms with E-state index in [0.29, 0.717) is 11.0 Å². The van der Waals surface area contributed by atoms with Crippen LogP contribution in [0.1, 0.15) is 12.5 Å². The molecular formula is C13H9NO4. The molecule has 2 heterocycles. The predicted molar refractivity (Wildman–Crippen MR) is 65.2 cm³/mol. The quantitative estimate of drug-likeness (QED) is 0.519. The van der Waals surface area contributed by atoms with Gasteiger partial charge in [0.25, 0.3) is 0 Å². The summed E-state index contributed by atoms with van der Waals surface area (Å²) >= 11 is 0. The van der Waals surface area contributed by atoms with Crippen LogP contribution in [0, 0.1) is 0 Å². The van der Waals surface area contributed by atoms with E-state index in [1.165, 1.54) is 6.21 Å². The zero-order valence-electron chi connectivity index (χ0n) is 9.54. The van der Waals surface area contributed by atoms with Gasteiger partial charge in [0.2, 0.25) is 0 Å². The number of ether oxygens (including phenoxy) is 1. The van der Waals surface area contributed by atoms with E-state index in [4.69, 9.17) is 9.15 Å². The fourth-order valence-electron chi connectivity index (χ4n) is 1.79. The van der Waals surface area contributed by atoms with Gasteiger partial charge in [-0.25, -0.2) is 9.59 Å². The molecule has 0 radical (unpaired) electrons. The van der Waals surface area contributed by atoms with Crippen LogP contribution < -0.4 is 10.4 Å². The summed E-state index contributed by atoms with van der Waals surface area (Å²) in [6.07, 6.45) is 1.34. The Morgan fingerprint density at radius 1 is 1.22 bits per heavy atom. The third kappa shape index (κ3) is 1.52. The zero-order chi connectivity index (χ0) is 12.7. The number of aliphatic imine (C=N–C) groups is 1. The van der Waals surface area contributed by atoms with Gasteiger partial charge in [-0.2, -0.15) is 0 Å². The molecule has 0 N–H and O–H groups in total. The maximum atomic E-state index is 11.8. The predicted octanol–water partition coefficient (Wildman–Crippen LogP) is 1.52. The normalized spacial score (nSPS) is 18.3. The lowest BCUT2D eigenvalue weighted by molar-refractivity contribution is -0.135. The lowest BCUT2D eigenvalue weighted by atomic mass is 10.1. The molecule has 0 spiro atoms. The summed E-state index contributed by atoms with van der Waals surface area (Å²) in [5, 5.41) is 0.584. The number of carbonyl (C=O) groups excluding carboxylic acids is 1. The Morgan fingerprint density at radius 2 is 2.00 bits per heavy atom. The average molecular weight is 243 g/mol. The van der Waals surface area contributed by atoms with Crippen LogP contribution in [0.15, 0.2) is 38.5 Å². The minimum absolute atomic E-state index is 0.173. The molecule has 0 aliphatic carbocycles. The highest BCUT2D eigenvalue weighted by molar-refractivity contribution is 5.98. The molecule has 5 nitrogen and oxygen atoms in total. The summed E-state index contributed by atoms with van der Waals surface area (Å²) in [5.74, 6) is -0.263. The molecule has 0 fully saturated rings. The van der Waals surface area contributed by atoms with E-state index in [0.717, 1.165) is 0 Å². The third-order valence-electron chi connectivity index (χ3n) is 2.77. The number of benzene rings is 1. The topological polar surface area (TPSA) is 68.9 Å². The van der Waals surface area contributed by atoms with Crippen molar-refractivity contribution in [2.24, 2.45) is 4.99 Å². The summed E-state index contributed by atoms with van der Waals surface area (Å²) in [5.41, 5.74) is -0.00208. The van der Waals surface area contributed by atoms with Gasteiger partial charge in [0.1, 0.15) is 17.2 Å². The first-order valence-corrected chi connectivity index (χ1v) is 5.47. The lowest BCUT2D eigenvalue weighted by Gasteiger charge is -2.07. The summed E-state index contributed by atoms with van der Waals surface area (Å²) < 4.78 is 10.4. The summed E-state index contributed by atoms with van der Waals surface area (Å²) in [4.78, 5) is 27.4. The average Bonchev–Trinajstić information content (AvgIpc) is 2.51. The number of para-hydroxylation sites is 1. The number of hydrogen-bond acceptors (Lipinski definition) is 5. The van der Waals surface area contributed by atoms with Gasteiger partial charge < -0.3 is 9.15 Å². The fourth-order valence-corrected chi connectivity index (χ4v) is 1.79. The molecule has 1 aliphatic heterocycles. The maximum absolute atomic E-state index is 11.8. The molecular weight excluding hydrogens is 234 g/mol. The molecule has 2 aromatic rings. The maximum Gasteiger partial charge on any atom is 0.348 e. The number of esters is 1. The fraction of sp³-hybridized carbons (Fsp3) is 0.154. The van der Waals surface area contributed by atoms with E-state index in [9.17, 15) is 9.59 Å². The van der Waals surface area contributed by atoms with Crippen LogP contribution >= 0.6 is 0 Å². The van der Waals surface area contributed by atoms with Crippen LogP contribution in [0.4, 0.5) is 0 Å². The first-order chi connectivity index (χ1) is 8.66. The first kappa shape index (κ1) is 10.7. The molecule has 0 bridgehead atoms. The highest BCUT2D eigenvalue weighted by Crippen LogP contribution is 2.28. The van der Waals surface area contributed by atoms with Crippen molar-refractivity contribution in [2.45, 2.75) is 13.0 Å². The van der Waals surface area contributed by atoms with Crippen LogP contribution in [0.5, 0.6) is 5.75 Å². The highest BCUT2D eigenvalue weighted by atomic mass is 16.5. The summed E-state index contributed by atoms with van der Waals surface area (Å²) in [6, 6.07) is 6.27. The van der Waals surface area contributed by atoms with E-state index in [1.54, 1.807) is 31.2 Å². The molecule has 0 unspecified atom stereocenters. The minimum atomic E-state index is -0.629. The lowest BCUT2D eigenvalue weighted by Crippen LogP contribution is -2.20. The second-order valence-corrected chi connectivity index (χ2v) is 4.00. The molecule has 0 saturated carbocycles. The molecule has 3 rings (SSSR count). The van der Waals surface area contributed by atoms with Gasteiger partial charge in [-0.05, 0) is 19.1 Å². The molecule has 0 saturated heterocycles. The Hall–Kier alpha value is -2.43. The second-order valence-electron chi connectivity index (χ2n) is 4.00. The Bertz CT molecular complexity index is 729. The van der Waals surface area contributed by atoms with Crippen LogP contribution in [-0.2, 0) is 4.79 Å². The number of rotatable bonds is 0. The monoisotopic (exact) mass is 243 g/mol. The molecule has 1 aliphatic rings. The van der Waals surface area contributed by atoms with Crippen LogP contribution in [0.2, 0.25) is 0 Å². The van der Waals surface area contributed by atoms with E-state index >= 15 is 0 Å². The Balaban J connectivity index is 2.39. The third-order valence-corrected chi connectivity index (χ3v) is 2.77. The second kappa shape index (κ2) is 3.80. The number of fused-ring (bicyclic) bond motifs is 3. The summed E-state index contributed by atoms with van der Waals surface area (Å²) in [6.45, 7) is 1.61. The van der Waals surface area contributed by atoms with Crippen molar-refractivity contribution in [3.05, 3.63) is 40.2 Å². The zero-order valence-corrected chi connectivity index (χ0v) is 9.54. The Morgan fingerprint density at radius 3 is 2.83 bits per heavy atom. The first-order valence-electron chi connectivity index (χ1n) is 5.47. The van der Waals surface area contributed by atoms with Gasteiger partial charge in [-0.3, -0.25) is 4.99 Å². The van der Waals surface area contributed by atoms with Gasteiger partial charge in [0, 0.05) is 6.21 Å². The van der Waals surface area contributed by atoms with E-state index in [-0.39, 0.29) is 11.3 Å². The van der Waals surface area contributed by atoms with Crippen LogP contribution in [-0.4, -0.2) is 18.2 Å². The Kier molecular flexibility index (Phi) is 2.26. The molecule has 5 heteroatoms. The molecule has 1 aromatic heterocycles.